The summed E-state index contributed by atoms with van der Waals surface area (Å²) < 4.78 is 5.24. The quantitative estimate of drug-likeness (QED) is 0.852. The number of aryl methyl sites for hydroxylation is 1. The van der Waals surface area contributed by atoms with Gasteiger partial charge in [-0.05, 0) is 37.2 Å². The van der Waals surface area contributed by atoms with Crippen molar-refractivity contribution in [3.05, 3.63) is 47.6 Å². The van der Waals surface area contributed by atoms with Gasteiger partial charge < -0.3 is 9.84 Å². The van der Waals surface area contributed by atoms with Gasteiger partial charge in [0.25, 0.3) is 0 Å². The van der Waals surface area contributed by atoms with Crippen LogP contribution in [0.1, 0.15) is 56.4 Å². The molecule has 3 rings (SSSR count). The zero-order valence-corrected chi connectivity index (χ0v) is 13.7. The van der Waals surface area contributed by atoms with E-state index in [4.69, 9.17) is 4.52 Å². The monoisotopic (exact) mass is 313 g/mol. The van der Waals surface area contributed by atoms with E-state index in [1.807, 2.05) is 37.3 Å². The van der Waals surface area contributed by atoms with E-state index in [1.165, 1.54) is 12.8 Å². The molecule has 2 aromatic rings. The van der Waals surface area contributed by atoms with Crippen LogP contribution in [0, 0.1) is 5.41 Å². The Labute approximate surface area is 136 Å². The van der Waals surface area contributed by atoms with Crippen LogP contribution in [-0.2, 0) is 17.6 Å². The molecule has 1 fully saturated rings. The third-order valence-corrected chi connectivity index (χ3v) is 4.55. The lowest BCUT2D eigenvalue weighted by molar-refractivity contribution is -0.121. The third-order valence-electron chi connectivity index (χ3n) is 4.55. The highest BCUT2D eigenvalue weighted by Crippen LogP contribution is 2.48. The molecule has 1 aromatic carbocycles. The standard InChI is InChI=1S/C18H23N3O2/c1-13(14-6-4-3-5-7-14)19-16(22)12-15-20-17(23-21-15)8-9-18(2)10-11-18/h3-7,13H,8-12H2,1-2H3,(H,19,22). The van der Waals surface area contributed by atoms with E-state index in [2.05, 4.69) is 22.4 Å². The molecule has 122 valence electrons. The van der Waals surface area contributed by atoms with Crippen LogP contribution in [0.15, 0.2) is 34.9 Å². The normalized spacial score (nSPS) is 16.8. The van der Waals surface area contributed by atoms with Crippen LogP contribution in [0.2, 0.25) is 0 Å². The van der Waals surface area contributed by atoms with Crippen molar-refractivity contribution in [2.45, 2.75) is 52.0 Å². The summed E-state index contributed by atoms with van der Waals surface area (Å²) in [5.41, 5.74) is 1.55. The number of hydrogen-bond acceptors (Lipinski definition) is 4. The molecule has 0 saturated heterocycles. The van der Waals surface area contributed by atoms with Gasteiger partial charge in [0.2, 0.25) is 11.8 Å². The van der Waals surface area contributed by atoms with Crippen LogP contribution in [-0.4, -0.2) is 16.0 Å². The molecule has 1 amide bonds. The first-order valence-corrected chi connectivity index (χ1v) is 8.20. The Balaban J connectivity index is 1.49. The number of amides is 1. The SMILES string of the molecule is CC(NC(=O)Cc1noc(CCC2(C)CC2)n1)c1ccccc1. The number of rotatable bonds is 7. The highest BCUT2D eigenvalue weighted by Gasteiger charge is 2.36. The van der Waals surface area contributed by atoms with E-state index >= 15 is 0 Å². The molecule has 1 aliphatic rings. The second-order valence-corrected chi connectivity index (χ2v) is 6.79. The number of nitrogens with zero attached hydrogens (tertiary/aromatic N) is 2. The maximum absolute atomic E-state index is 12.1. The molecule has 5 heteroatoms. The summed E-state index contributed by atoms with van der Waals surface area (Å²) in [5, 5.41) is 6.87. The molecule has 0 aliphatic heterocycles. The first-order valence-electron chi connectivity index (χ1n) is 8.20. The van der Waals surface area contributed by atoms with Crippen LogP contribution in [0.3, 0.4) is 0 Å². The van der Waals surface area contributed by atoms with Crippen LogP contribution >= 0.6 is 0 Å². The van der Waals surface area contributed by atoms with Gasteiger partial charge >= 0.3 is 0 Å². The molecule has 0 spiro atoms. The van der Waals surface area contributed by atoms with Crippen molar-refractivity contribution in [1.82, 2.24) is 15.5 Å². The van der Waals surface area contributed by atoms with Crippen LogP contribution in [0.25, 0.3) is 0 Å². The Morgan fingerprint density at radius 3 is 2.78 bits per heavy atom. The maximum Gasteiger partial charge on any atom is 0.228 e. The van der Waals surface area contributed by atoms with Gasteiger partial charge in [-0.15, -0.1) is 0 Å². The zero-order valence-electron chi connectivity index (χ0n) is 13.7. The number of benzene rings is 1. The number of aromatic nitrogens is 2. The van der Waals surface area contributed by atoms with Gasteiger partial charge in [0.05, 0.1) is 12.5 Å². The van der Waals surface area contributed by atoms with Gasteiger partial charge in [0, 0.05) is 6.42 Å². The minimum Gasteiger partial charge on any atom is -0.349 e. The van der Waals surface area contributed by atoms with Gasteiger partial charge in [-0.1, -0.05) is 42.4 Å². The van der Waals surface area contributed by atoms with Gasteiger partial charge in [0.1, 0.15) is 0 Å². The smallest absolute Gasteiger partial charge is 0.228 e. The average Bonchev–Trinajstić information content (AvgIpc) is 3.11. The lowest BCUT2D eigenvalue weighted by Crippen LogP contribution is -2.28. The third kappa shape index (κ3) is 4.41. The molecule has 1 unspecified atom stereocenters. The summed E-state index contributed by atoms with van der Waals surface area (Å²) in [4.78, 5) is 16.4. The first kappa shape index (κ1) is 15.7. The van der Waals surface area contributed by atoms with Crippen LogP contribution < -0.4 is 5.32 Å². The van der Waals surface area contributed by atoms with Crippen molar-refractivity contribution in [3.63, 3.8) is 0 Å². The Morgan fingerprint density at radius 1 is 1.35 bits per heavy atom. The summed E-state index contributed by atoms with van der Waals surface area (Å²) >= 11 is 0. The highest BCUT2D eigenvalue weighted by molar-refractivity contribution is 5.78. The van der Waals surface area contributed by atoms with Gasteiger partial charge in [-0.2, -0.15) is 4.98 Å². The Kier molecular flexibility index (Phi) is 4.46. The number of carbonyl (C=O) groups excluding carboxylic acids is 1. The predicted molar refractivity (Wildman–Crippen MR) is 86.7 cm³/mol. The first-order chi connectivity index (χ1) is 11.0. The van der Waals surface area contributed by atoms with E-state index < -0.39 is 0 Å². The van der Waals surface area contributed by atoms with Crippen LogP contribution in [0.4, 0.5) is 0 Å². The second kappa shape index (κ2) is 6.52. The number of hydrogen-bond donors (Lipinski definition) is 1. The summed E-state index contributed by atoms with van der Waals surface area (Å²) in [6.45, 7) is 4.24. The van der Waals surface area contributed by atoms with E-state index in [-0.39, 0.29) is 18.4 Å². The Morgan fingerprint density at radius 2 is 2.09 bits per heavy atom. The molecule has 1 aliphatic carbocycles. The van der Waals surface area contributed by atoms with Gasteiger partial charge in [0.15, 0.2) is 5.82 Å². The molecule has 1 saturated carbocycles. The molecular formula is C18H23N3O2. The van der Waals surface area contributed by atoms with Crippen molar-refractivity contribution in [1.29, 1.82) is 0 Å². The van der Waals surface area contributed by atoms with Crippen molar-refractivity contribution in [2.24, 2.45) is 5.41 Å². The summed E-state index contributed by atoms with van der Waals surface area (Å²) in [6, 6.07) is 9.84. The van der Waals surface area contributed by atoms with Crippen molar-refractivity contribution < 1.29 is 9.32 Å². The fourth-order valence-corrected chi connectivity index (χ4v) is 2.60. The zero-order chi connectivity index (χ0) is 16.3. The van der Waals surface area contributed by atoms with Crippen molar-refractivity contribution >= 4 is 5.91 Å². The number of nitrogens with one attached hydrogen (secondary N) is 1. The molecule has 1 heterocycles. The van der Waals surface area contributed by atoms with E-state index in [1.54, 1.807) is 0 Å². The molecule has 1 N–H and O–H groups in total. The topological polar surface area (TPSA) is 68.0 Å². The molecule has 23 heavy (non-hydrogen) atoms. The average molecular weight is 313 g/mol. The minimum atomic E-state index is -0.0946. The van der Waals surface area contributed by atoms with Crippen molar-refractivity contribution in [2.75, 3.05) is 0 Å². The molecule has 1 aromatic heterocycles. The largest absolute Gasteiger partial charge is 0.349 e. The fourth-order valence-electron chi connectivity index (χ4n) is 2.60. The summed E-state index contributed by atoms with van der Waals surface area (Å²) in [7, 11) is 0. The second-order valence-electron chi connectivity index (χ2n) is 6.79. The van der Waals surface area contributed by atoms with Gasteiger partial charge in [-0.3, -0.25) is 4.79 Å². The number of carbonyl (C=O) groups is 1. The van der Waals surface area contributed by atoms with E-state index in [0.29, 0.717) is 17.1 Å². The van der Waals surface area contributed by atoms with E-state index in [9.17, 15) is 4.79 Å². The molecule has 0 radical (unpaired) electrons. The highest BCUT2D eigenvalue weighted by atomic mass is 16.5. The fraction of sp³-hybridized carbons (Fsp3) is 0.500. The summed E-state index contributed by atoms with van der Waals surface area (Å²) in [5.74, 6) is 0.999. The predicted octanol–water partition coefficient (Wildman–Crippen LogP) is 3.22. The Hall–Kier alpha value is -2.17. The molecular weight excluding hydrogens is 290 g/mol. The van der Waals surface area contributed by atoms with Crippen molar-refractivity contribution in [3.8, 4) is 0 Å². The lowest BCUT2D eigenvalue weighted by Gasteiger charge is -2.13. The van der Waals surface area contributed by atoms with Gasteiger partial charge in [-0.25, -0.2) is 0 Å². The summed E-state index contributed by atoms with van der Waals surface area (Å²) in [6.07, 6.45) is 4.59. The van der Waals surface area contributed by atoms with E-state index in [0.717, 1.165) is 18.4 Å². The maximum atomic E-state index is 12.1. The molecule has 0 bridgehead atoms. The molecule has 5 nitrogen and oxygen atoms in total. The molecule has 1 atom stereocenters. The van der Waals surface area contributed by atoms with Crippen LogP contribution in [0.5, 0.6) is 0 Å². The lowest BCUT2D eigenvalue weighted by atomic mass is 10.0. The Bertz CT molecular complexity index is 662. The minimum absolute atomic E-state index is 0.0371.